The number of nitrogens with zero attached hydrogens (tertiary/aromatic N) is 4. The molecule has 1 unspecified atom stereocenters. The number of rotatable bonds is 5. The molecular formula is C22H23F2N5O. The topological polar surface area (TPSA) is 63.1 Å². The number of anilines is 1. The van der Waals surface area contributed by atoms with Gasteiger partial charge in [0.05, 0.1) is 11.3 Å². The molecule has 3 heterocycles. The molecule has 1 aliphatic rings. The number of carbonyl (C=O) groups is 1. The van der Waals surface area contributed by atoms with Crippen molar-refractivity contribution in [3.63, 3.8) is 0 Å². The largest absolute Gasteiger partial charge is 0.371 e. The van der Waals surface area contributed by atoms with E-state index in [0.29, 0.717) is 30.2 Å². The summed E-state index contributed by atoms with van der Waals surface area (Å²) >= 11 is 0. The molecule has 0 aliphatic carbocycles. The maximum Gasteiger partial charge on any atom is 0.252 e. The highest BCUT2D eigenvalue weighted by atomic mass is 19.2. The first kappa shape index (κ1) is 20.0. The molecule has 1 atom stereocenters. The Labute approximate surface area is 173 Å². The Morgan fingerprint density at radius 1 is 1.17 bits per heavy atom. The fourth-order valence-electron chi connectivity index (χ4n) is 3.76. The third-order valence-electron chi connectivity index (χ3n) is 5.34. The standard InChI is InChI=1S/C22H23F2N5O/c1-14-9-15(2)29(27-14)21-6-3-17(12-25-21)22(30)26-11-16-7-8-28(13-16)18-4-5-19(23)20(24)10-18/h3-6,9-10,12,16H,7-8,11,13H2,1-2H3,(H,26,30). The Kier molecular flexibility index (Phi) is 5.48. The van der Waals surface area contributed by atoms with Crippen LogP contribution in [0, 0.1) is 31.4 Å². The van der Waals surface area contributed by atoms with Gasteiger partial charge in [0.1, 0.15) is 0 Å². The molecule has 30 heavy (non-hydrogen) atoms. The second-order valence-corrected chi connectivity index (χ2v) is 7.65. The lowest BCUT2D eigenvalue weighted by Crippen LogP contribution is -2.31. The second kappa shape index (κ2) is 8.22. The van der Waals surface area contributed by atoms with Crippen molar-refractivity contribution in [3.05, 3.63) is 71.2 Å². The van der Waals surface area contributed by atoms with E-state index in [4.69, 9.17) is 0 Å². The van der Waals surface area contributed by atoms with Crippen LogP contribution in [0.1, 0.15) is 28.2 Å². The van der Waals surface area contributed by atoms with Crippen molar-refractivity contribution in [1.82, 2.24) is 20.1 Å². The van der Waals surface area contributed by atoms with Crippen LogP contribution in [0.25, 0.3) is 5.82 Å². The number of pyridine rings is 1. The normalized spacial score (nSPS) is 16.1. The molecular weight excluding hydrogens is 388 g/mol. The average molecular weight is 411 g/mol. The molecule has 156 valence electrons. The van der Waals surface area contributed by atoms with E-state index < -0.39 is 11.6 Å². The zero-order valence-electron chi connectivity index (χ0n) is 16.9. The summed E-state index contributed by atoms with van der Waals surface area (Å²) in [6, 6.07) is 9.41. The minimum absolute atomic E-state index is 0.186. The summed E-state index contributed by atoms with van der Waals surface area (Å²) in [5.41, 5.74) is 3.02. The SMILES string of the molecule is Cc1cc(C)n(-c2ccc(C(=O)NCC3CCN(c4ccc(F)c(F)c4)C3)cn2)n1. The minimum Gasteiger partial charge on any atom is -0.371 e. The number of nitrogens with one attached hydrogen (secondary N) is 1. The van der Waals surface area contributed by atoms with E-state index in [1.54, 1.807) is 29.1 Å². The van der Waals surface area contributed by atoms with Crippen LogP contribution in [-0.4, -0.2) is 40.3 Å². The van der Waals surface area contributed by atoms with Gasteiger partial charge in [-0.05, 0) is 56.5 Å². The molecule has 1 amide bonds. The molecule has 1 saturated heterocycles. The second-order valence-electron chi connectivity index (χ2n) is 7.65. The Balaban J connectivity index is 1.32. The predicted octanol–water partition coefficient (Wildman–Crippen LogP) is 3.42. The number of hydrogen-bond acceptors (Lipinski definition) is 4. The molecule has 6 nitrogen and oxygen atoms in total. The van der Waals surface area contributed by atoms with Crippen LogP contribution in [0.4, 0.5) is 14.5 Å². The number of aryl methyl sites for hydroxylation is 2. The monoisotopic (exact) mass is 411 g/mol. The van der Waals surface area contributed by atoms with Crippen LogP contribution in [0.2, 0.25) is 0 Å². The molecule has 0 spiro atoms. The fraction of sp³-hybridized carbons (Fsp3) is 0.318. The lowest BCUT2D eigenvalue weighted by Gasteiger charge is -2.19. The number of carbonyl (C=O) groups excluding carboxylic acids is 1. The lowest BCUT2D eigenvalue weighted by atomic mass is 10.1. The molecule has 1 N–H and O–H groups in total. The number of amides is 1. The number of aromatic nitrogens is 3. The van der Waals surface area contributed by atoms with E-state index in [2.05, 4.69) is 15.4 Å². The first-order valence-electron chi connectivity index (χ1n) is 9.88. The zero-order valence-corrected chi connectivity index (χ0v) is 16.9. The summed E-state index contributed by atoms with van der Waals surface area (Å²) in [5, 5.41) is 7.34. The van der Waals surface area contributed by atoms with Gasteiger partial charge in [-0.1, -0.05) is 0 Å². The number of hydrogen-bond donors (Lipinski definition) is 1. The third-order valence-corrected chi connectivity index (χ3v) is 5.34. The van der Waals surface area contributed by atoms with Crippen molar-refractivity contribution >= 4 is 11.6 Å². The highest BCUT2D eigenvalue weighted by Crippen LogP contribution is 2.25. The van der Waals surface area contributed by atoms with Gasteiger partial charge in [-0.3, -0.25) is 4.79 Å². The number of benzene rings is 1. The van der Waals surface area contributed by atoms with E-state index in [1.165, 1.54) is 6.07 Å². The van der Waals surface area contributed by atoms with E-state index in [1.807, 2.05) is 24.8 Å². The maximum atomic E-state index is 13.5. The molecule has 0 saturated carbocycles. The minimum atomic E-state index is -0.848. The Bertz CT molecular complexity index is 1060. The van der Waals surface area contributed by atoms with Crippen molar-refractivity contribution in [2.45, 2.75) is 20.3 Å². The zero-order chi connectivity index (χ0) is 21.3. The summed E-state index contributed by atoms with van der Waals surface area (Å²) in [6.07, 6.45) is 2.41. The van der Waals surface area contributed by atoms with E-state index in [0.717, 1.165) is 30.4 Å². The van der Waals surface area contributed by atoms with Gasteiger partial charge in [0.15, 0.2) is 17.5 Å². The molecule has 0 bridgehead atoms. The molecule has 8 heteroatoms. The van der Waals surface area contributed by atoms with Crippen LogP contribution in [-0.2, 0) is 0 Å². The molecule has 1 aliphatic heterocycles. The Morgan fingerprint density at radius 3 is 2.67 bits per heavy atom. The highest BCUT2D eigenvalue weighted by Gasteiger charge is 2.24. The van der Waals surface area contributed by atoms with E-state index in [9.17, 15) is 13.6 Å². The molecule has 2 aromatic heterocycles. The summed E-state index contributed by atoms with van der Waals surface area (Å²) in [6.45, 7) is 5.80. The smallest absolute Gasteiger partial charge is 0.252 e. The van der Waals surface area contributed by atoms with Crippen molar-refractivity contribution in [1.29, 1.82) is 0 Å². The van der Waals surface area contributed by atoms with Gasteiger partial charge < -0.3 is 10.2 Å². The van der Waals surface area contributed by atoms with Crippen molar-refractivity contribution in [3.8, 4) is 5.82 Å². The van der Waals surface area contributed by atoms with Crippen molar-refractivity contribution in [2.24, 2.45) is 5.92 Å². The quantitative estimate of drug-likeness (QED) is 0.699. The first-order chi connectivity index (χ1) is 14.4. The van der Waals surface area contributed by atoms with Gasteiger partial charge in [-0.15, -0.1) is 0 Å². The lowest BCUT2D eigenvalue weighted by molar-refractivity contribution is 0.0948. The van der Waals surface area contributed by atoms with Crippen molar-refractivity contribution in [2.75, 3.05) is 24.5 Å². The van der Waals surface area contributed by atoms with Crippen molar-refractivity contribution < 1.29 is 13.6 Å². The fourth-order valence-corrected chi connectivity index (χ4v) is 3.76. The molecule has 1 fully saturated rings. The molecule has 3 aromatic rings. The molecule has 4 rings (SSSR count). The van der Waals surface area contributed by atoms with Crippen LogP contribution in [0.15, 0.2) is 42.6 Å². The predicted molar refractivity (Wildman–Crippen MR) is 110 cm³/mol. The highest BCUT2D eigenvalue weighted by molar-refractivity contribution is 5.93. The first-order valence-corrected chi connectivity index (χ1v) is 9.88. The Morgan fingerprint density at radius 2 is 2.00 bits per heavy atom. The number of halogens is 2. The van der Waals surface area contributed by atoms with Crippen LogP contribution < -0.4 is 10.2 Å². The molecule has 0 radical (unpaired) electrons. The summed E-state index contributed by atoms with van der Waals surface area (Å²) in [7, 11) is 0. The van der Waals surface area contributed by atoms with Gasteiger partial charge in [0.2, 0.25) is 0 Å². The summed E-state index contributed by atoms with van der Waals surface area (Å²) < 4.78 is 28.3. The van der Waals surface area contributed by atoms with E-state index in [-0.39, 0.29) is 11.8 Å². The maximum absolute atomic E-state index is 13.5. The van der Waals surface area contributed by atoms with Gasteiger partial charge in [-0.25, -0.2) is 18.4 Å². The average Bonchev–Trinajstić information content (AvgIpc) is 3.34. The summed E-state index contributed by atoms with van der Waals surface area (Å²) in [5.74, 6) is -0.979. The van der Waals surface area contributed by atoms with Gasteiger partial charge in [-0.2, -0.15) is 5.10 Å². The summed E-state index contributed by atoms with van der Waals surface area (Å²) in [4.78, 5) is 18.8. The molecule has 1 aromatic carbocycles. The van der Waals surface area contributed by atoms with Crippen LogP contribution >= 0.6 is 0 Å². The Hall–Kier alpha value is -3.29. The van der Waals surface area contributed by atoms with E-state index >= 15 is 0 Å². The third kappa shape index (κ3) is 4.17. The van der Waals surface area contributed by atoms with Crippen LogP contribution in [0.3, 0.4) is 0 Å². The van der Waals surface area contributed by atoms with Gasteiger partial charge >= 0.3 is 0 Å². The van der Waals surface area contributed by atoms with Gasteiger partial charge in [0, 0.05) is 43.3 Å². The van der Waals surface area contributed by atoms with Gasteiger partial charge in [0.25, 0.3) is 5.91 Å². The van der Waals surface area contributed by atoms with Crippen LogP contribution in [0.5, 0.6) is 0 Å².